The van der Waals surface area contributed by atoms with Crippen molar-refractivity contribution < 1.29 is 74.7 Å². The molecule has 4 aromatic carbocycles. The van der Waals surface area contributed by atoms with Gasteiger partial charge in [0.15, 0.2) is 0 Å². The molecule has 2 aliphatic rings. The molecule has 368 valence electrons. The molecule has 5 N–H and O–H groups in total. The van der Waals surface area contributed by atoms with Crippen LogP contribution in [0.4, 0.5) is 0 Å². The number of carbonyl (C=O) groups is 4. The maximum Gasteiger partial charge on any atom is -0.147 e. The van der Waals surface area contributed by atoms with Gasteiger partial charge in [0.05, 0.1) is 5.56 Å². The van der Waals surface area contributed by atoms with E-state index in [1.165, 1.54) is 81.7 Å². The van der Waals surface area contributed by atoms with Crippen LogP contribution in [-0.4, -0.2) is 92.4 Å². The molecule has 9 rings (SSSR count). The van der Waals surface area contributed by atoms with Crippen molar-refractivity contribution in [3.8, 4) is 56.0 Å². The summed E-state index contributed by atoms with van der Waals surface area (Å²) in [6.07, 6.45) is 5.30. The number of nitrogens with one attached hydrogen (secondary N) is 1. The zero-order chi connectivity index (χ0) is 48.8. The van der Waals surface area contributed by atoms with Crippen LogP contribution in [0.5, 0.6) is 11.5 Å². The Kier molecular flexibility index (Phi) is 15.9. The molecule has 0 fully saturated rings. The number of fused-ring (bicyclic) bond motifs is 8. The minimum Gasteiger partial charge on any atom is -0.147 e. The molecule has 7 aromatic rings. The SMILES string of the molecule is COC1=Cc2nc1c(-c1ccc(C(=O)O)cc1)c1c(OC)c(OC)c(c(-c3ccc(C(=O)O)c[c]3[Mn])c3nc(c(-c4ccc(C(=O)O)cc4)c4ccc([nH]4)c2-c2ccc(C(=O)O)cc2)C=C3)n1OC.Cl.Cl.Cl. The van der Waals surface area contributed by atoms with E-state index in [-0.39, 0.29) is 93.5 Å². The normalized spacial score (nSPS) is 11.3. The summed E-state index contributed by atoms with van der Waals surface area (Å²) in [5.74, 6) is -3.93. The quantitative estimate of drug-likeness (QED) is 0.0717. The Morgan fingerprint density at radius 2 is 0.931 bits per heavy atom. The summed E-state index contributed by atoms with van der Waals surface area (Å²) in [4.78, 5) is 68.9. The zero-order valence-corrected chi connectivity index (χ0v) is 41.7. The maximum atomic E-state index is 12.2. The molecule has 0 spiro atoms. The van der Waals surface area contributed by atoms with E-state index in [1.807, 2.05) is 12.1 Å². The maximum absolute atomic E-state index is 12.2. The standard InChI is InChI=1S/C52H37N4O12.3ClH.Mn/c1-65-39-25-38-41(27-7-15-31(16-8-27)50(59)60)36-22-21-34(53-36)40(26-5-13-30(14-6-26)49(57)58)35-23-24-37(54-35)42(28-9-17-32(18-10-28)51(61)62)45-47(66-2)48(67-3)46(56(45)68-4)43(44(39)55-38)29-11-19-33(20-12-29)52(63)64;;;;/h5-9,11-25,53H,1-4H3,(H,57,58)(H,59,60)(H,61,62)(H,63,64);3*1H;. The van der Waals surface area contributed by atoms with Gasteiger partial charge < -0.3 is 15.3 Å². The number of benzene rings is 4. The predicted molar refractivity (Wildman–Crippen MR) is 275 cm³/mol. The number of methoxy groups -OCH3 is 3. The number of carboxylic acid groups (broad SMARTS) is 4. The van der Waals surface area contributed by atoms with Gasteiger partial charge in [-0.15, -0.1) is 37.2 Å². The summed E-state index contributed by atoms with van der Waals surface area (Å²) >= 11 is 3.65. The fourth-order valence-corrected chi connectivity index (χ4v) is 8.97. The van der Waals surface area contributed by atoms with Crippen molar-refractivity contribution in [3.63, 3.8) is 0 Å². The number of H-pyrrole nitrogens is 1. The summed E-state index contributed by atoms with van der Waals surface area (Å²) in [7, 11) is 5.80. The minimum atomic E-state index is -1.15. The van der Waals surface area contributed by atoms with Gasteiger partial charge in [-0.05, 0) is 12.1 Å². The van der Waals surface area contributed by atoms with Crippen LogP contribution >= 0.6 is 37.2 Å². The van der Waals surface area contributed by atoms with Crippen LogP contribution in [0.3, 0.4) is 0 Å². The average molecular weight is 1070 g/mol. The molecule has 3 aromatic heterocycles. The molecule has 72 heavy (non-hydrogen) atoms. The van der Waals surface area contributed by atoms with Crippen LogP contribution in [0.25, 0.3) is 90.6 Å². The Bertz CT molecular complexity index is 3570. The van der Waals surface area contributed by atoms with Gasteiger partial charge in [0, 0.05) is 0 Å². The van der Waals surface area contributed by atoms with E-state index in [0.29, 0.717) is 77.1 Å². The molecule has 0 radical (unpaired) electrons. The smallest absolute Gasteiger partial charge is 0.147 e. The Morgan fingerprint density at radius 3 is 1.35 bits per heavy atom. The Hall–Kier alpha value is -8.05. The minimum absolute atomic E-state index is 0. The van der Waals surface area contributed by atoms with E-state index in [2.05, 4.69) is 21.0 Å². The van der Waals surface area contributed by atoms with Gasteiger partial charge in [-0.2, -0.15) is 0 Å². The molecular formula is C52H40Cl3MnN4O12. The number of ether oxygens (including phenoxy) is 3. The fraction of sp³-hybridized carbons (Fsp3) is 0.0769. The van der Waals surface area contributed by atoms with Crippen LogP contribution < -0.4 is 18.8 Å². The van der Waals surface area contributed by atoms with Crippen LogP contribution in [0.1, 0.15) is 64.2 Å². The number of rotatable bonds is 12. The number of halogens is 3. The largest absolute Gasteiger partial charge is 0.147 e. The fourth-order valence-electron chi connectivity index (χ4n) is 8.54. The van der Waals surface area contributed by atoms with Crippen molar-refractivity contribution in [1.82, 2.24) is 19.7 Å². The first kappa shape index (κ1) is 53.3. The van der Waals surface area contributed by atoms with Crippen molar-refractivity contribution in [3.05, 3.63) is 148 Å². The van der Waals surface area contributed by atoms with Crippen LogP contribution in [0, 0.1) is 0 Å². The third-order valence-corrected chi connectivity index (χ3v) is 12.2. The first-order chi connectivity index (χ1) is 33.3. The summed E-state index contributed by atoms with van der Waals surface area (Å²) < 4.78 is 20.5. The number of aromatic amines is 1. The second-order valence-corrected chi connectivity index (χ2v) is 16.1. The number of aromatic nitrogens is 4. The van der Waals surface area contributed by atoms with Gasteiger partial charge >= 0.3 is 342 Å². The summed E-state index contributed by atoms with van der Waals surface area (Å²) in [5.41, 5.74) is 7.13. The molecule has 0 aliphatic carbocycles. The van der Waals surface area contributed by atoms with Gasteiger partial charge in [-0.1, -0.05) is 12.1 Å². The Balaban J connectivity index is 0.00000282. The molecule has 2 aliphatic heterocycles. The molecular weight excluding hydrogens is 1030 g/mol. The molecule has 0 amide bonds. The molecule has 0 saturated carbocycles. The number of hydrogen-bond donors (Lipinski definition) is 5. The molecule has 8 bridgehead atoms. The first-order valence-electron chi connectivity index (χ1n) is 20.8. The molecule has 0 saturated heterocycles. The third-order valence-electron chi connectivity index (χ3n) is 11.7. The number of carboxylic acids is 4. The Morgan fingerprint density at radius 1 is 0.514 bits per heavy atom. The summed E-state index contributed by atoms with van der Waals surface area (Å²) in [5, 5.41) is 39.6. The second kappa shape index (κ2) is 21.5. The van der Waals surface area contributed by atoms with E-state index in [4.69, 9.17) is 29.0 Å². The summed E-state index contributed by atoms with van der Waals surface area (Å²) in [6.45, 7) is 0. The van der Waals surface area contributed by atoms with Gasteiger partial charge in [0.2, 0.25) is 0 Å². The topological polar surface area (TPSA) is 233 Å². The molecule has 0 unspecified atom stereocenters. The monoisotopic (exact) mass is 1070 g/mol. The molecule has 16 nitrogen and oxygen atoms in total. The number of aromatic carboxylic acids is 4. The van der Waals surface area contributed by atoms with Crippen molar-refractivity contribution in [2.45, 2.75) is 0 Å². The van der Waals surface area contributed by atoms with Crippen LogP contribution in [0.15, 0.2) is 103 Å². The van der Waals surface area contributed by atoms with E-state index in [0.717, 1.165) is 0 Å². The van der Waals surface area contributed by atoms with E-state index >= 15 is 0 Å². The second-order valence-electron chi connectivity index (χ2n) is 15.4. The third kappa shape index (κ3) is 9.34. The molecule has 5 heterocycles. The number of nitrogens with zero attached hydrogens (tertiary/aromatic N) is 3. The van der Waals surface area contributed by atoms with Gasteiger partial charge in [0.1, 0.15) is 0 Å². The van der Waals surface area contributed by atoms with Crippen molar-refractivity contribution in [1.29, 1.82) is 0 Å². The summed E-state index contributed by atoms with van der Waals surface area (Å²) in [6, 6.07) is 27.0. The molecule has 20 heteroatoms. The molecule has 0 atom stereocenters. The van der Waals surface area contributed by atoms with Crippen molar-refractivity contribution in [2.24, 2.45) is 0 Å². The van der Waals surface area contributed by atoms with Crippen LogP contribution in [-0.2, 0) is 20.7 Å². The number of hydrogen-bond acceptors (Lipinski definition) is 10. The van der Waals surface area contributed by atoms with Crippen molar-refractivity contribution in [2.75, 3.05) is 28.4 Å². The average Bonchev–Trinajstić information content (AvgIpc) is 4.17. The van der Waals surface area contributed by atoms with Crippen molar-refractivity contribution >= 4 is 112 Å². The van der Waals surface area contributed by atoms with Crippen LogP contribution in [0.2, 0.25) is 0 Å². The predicted octanol–water partition coefficient (Wildman–Crippen LogP) is 10.1. The van der Waals surface area contributed by atoms with E-state index in [1.54, 1.807) is 60.7 Å². The van der Waals surface area contributed by atoms with E-state index < -0.39 is 23.9 Å². The Labute approximate surface area is 436 Å². The van der Waals surface area contributed by atoms with E-state index in [9.17, 15) is 39.6 Å². The van der Waals surface area contributed by atoms with Gasteiger partial charge in [-0.3, -0.25) is 0 Å². The zero-order valence-electron chi connectivity index (χ0n) is 38.0. The van der Waals surface area contributed by atoms with Gasteiger partial charge in [0.25, 0.3) is 0 Å². The van der Waals surface area contributed by atoms with Gasteiger partial charge in [-0.25, -0.2) is 14.4 Å². The first-order valence-corrected chi connectivity index (χ1v) is 21.4.